The topological polar surface area (TPSA) is 12.5 Å². The maximum absolute atomic E-state index is 5.32. The lowest BCUT2D eigenvalue weighted by molar-refractivity contribution is 0.0432. The summed E-state index contributed by atoms with van der Waals surface area (Å²) >= 11 is 3.45. The lowest BCUT2D eigenvalue weighted by Crippen LogP contribution is -2.37. The lowest BCUT2D eigenvalue weighted by atomic mass is 10.1. The summed E-state index contributed by atoms with van der Waals surface area (Å²) in [6, 6.07) is 0.762. The molecular formula is C9H18BrNO. The largest absolute Gasteiger partial charge is 0.381 e. The molecule has 0 unspecified atom stereocenters. The van der Waals surface area contributed by atoms with E-state index in [1.807, 2.05) is 0 Å². The van der Waals surface area contributed by atoms with Gasteiger partial charge < -0.3 is 9.64 Å². The van der Waals surface area contributed by atoms with E-state index in [1.54, 1.807) is 0 Å². The third-order valence-electron chi connectivity index (χ3n) is 2.46. The molecule has 1 aliphatic heterocycles. The quantitative estimate of drug-likeness (QED) is 0.691. The fraction of sp³-hybridized carbons (Fsp3) is 1.00. The standard InChI is InChI=1S/C9H18BrNO/c1-11(6-2-5-10)9-3-7-12-8-4-9/h9H,2-8H2,1H3. The highest BCUT2D eigenvalue weighted by atomic mass is 79.9. The normalized spacial score (nSPS) is 20.2. The molecule has 0 atom stereocenters. The minimum atomic E-state index is 0.762. The second kappa shape index (κ2) is 5.95. The highest BCUT2D eigenvalue weighted by Gasteiger charge is 2.17. The van der Waals surface area contributed by atoms with Crippen molar-refractivity contribution >= 4 is 15.9 Å². The minimum Gasteiger partial charge on any atom is -0.381 e. The Hall–Kier alpha value is 0.400. The molecule has 1 aliphatic rings. The molecule has 3 heteroatoms. The second-order valence-electron chi connectivity index (χ2n) is 3.37. The predicted molar refractivity (Wildman–Crippen MR) is 54.9 cm³/mol. The number of nitrogens with zero attached hydrogens (tertiary/aromatic N) is 1. The van der Waals surface area contributed by atoms with Crippen molar-refractivity contribution in [2.75, 3.05) is 32.1 Å². The fourth-order valence-electron chi connectivity index (χ4n) is 1.62. The van der Waals surface area contributed by atoms with Crippen molar-refractivity contribution in [3.63, 3.8) is 0 Å². The van der Waals surface area contributed by atoms with Crippen LogP contribution in [-0.2, 0) is 4.74 Å². The molecule has 0 bridgehead atoms. The van der Waals surface area contributed by atoms with Crippen LogP contribution >= 0.6 is 15.9 Å². The third-order valence-corrected chi connectivity index (χ3v) is 3.02. The summed E-state index contributed by atoms with van der Waals surface area (Å²) in [6.45, 7) is 3.10. The Bertz CT molecular complexity index is 115. The van der Waals surface area contributed by atoms with Crippen molar-refractivity contribution in [2.24, 2.45) is 0 Å². The monoisotopic (exact) mass is 235 g/mol. The average Bonchev–Trinajstić information content (AvgIpc) is 2.15. The van der Waals surface area contributed by atoms with E-state index in [2.05, 4.69) is 27.9 Å². The van der Waals surface area contributed by atoms with Gasteiger partial charge in [0.15, 0.2) is 0 Å². The van der Waals surface area contributed by atoms with Crippen LogP contribution in [0.5, 0.6) is 0 Å². The SMILES string of the molecule is CN(CCCBr)C1CCOCC1. The number of hydrogen-bond donors (Lipinski definition) is 0. The number of halogens is 1. The third kappa shape index (κ3) is 3.42. The Balaban J connectivity index is 2.15. The number of hydrogen-bond acceptors (Lipinski definition) is 2. The smallest absolute Gasteiger partial charge is 0.0480 e. The Kier molecular flexibility index (Phi) is 5.19. The molecule has 72 valence electrons. The predicted octanol–water partition coefficient (Wildman–Crippen LogP) is 1.88. The first kappa shape index (κ1) is 10.5. The van der Waals surface area contributed by atoms with Crippen LogP contribution in [0.4, 0.5) is 0 Å². The molecule has 0 aromatic heterocycles. The molecule has 0 N–H and O–H groups in total. The summed E-state index contributed by atoms with van der Waals surface area (Å²) in [5.74, 6) is 0. The van der Waals surface area contributed by atoms with Gasteiger partial charge in [-0.3, -0.25) is 0 Å². The first-order valence-electron chi connectivity index (χ1n) is 4.68. The average molecular weight is 236 g/mol. The number of ether oxygens (including phenoxy) is 1. The summed E-state index contributed by atoms with van der Waals surface area (Å²) in [6.07, 6.45) is 3.66. The lowest BCUT2D eigenvalue weighted by Gasteiger charge is -2.30. The molecule has 1 heterocycles. The van der Waals surface area contributed by atoms with Crippen molar-refractivity contribution in [3.8, 4) is 0 Å². The van der Waals surface area contributed by atoms with Gasteiger partial charge in [0.25, 0.3) is 0 Å². The van der Waals surface area contributed by atoms with E-state index in [0.29, 0.717) is 0 Å². The maximum atomic E-state index is 5.32. The van der Waals surface area contributed by atoms with Crippen LogP contribution in [0.1, 0.15) is 19.3 Å². The first-order chi connectivity index (χ1) is 5.84. The van der Waals surface area contributed by atoms with Crippen molar-refractivity contribution in [1.29, 1.82) is 0 Å². The van der Waals surface area contributed by atoms with Gasteiger partial charge in [-0.25, -0.2) is 0 Å². The molecule has 1 saturated heterocycles. The van der Waals surface area contributed by atoms with Crippen LogP contribution in [0.2, 0.25) is 0 Å². The zero-order valence-corrected chi connectivity index (χ0v) is 9.35. The summed E-state index contributed by atoms with van der Waals surface area (Å²) in [5, 5.41) is 1.11. The molecule has 0 aromatic rings. The Morgan fingerprint density at radius 3 is 2.67 bits per heavy atom. The molecular weight excluding hydrogens is 218 g/mol. The van der Waals surface area contributed by atoms with E-state index >= 15 is 0 Å². The van der Waals surface area contributed by atoms with Gasteiger partial charge in [-0.1, -0.05) is 15.9 Å². The van der Waals surface area contributed by atoms with Crippen LogP contribution < -0.4 is 0 Å². The molecule has 0 saturated carbocycles. The maximum Gasteiger partial charge on any atom is 0.0480 e. The minimum absolute atomic E-state index is 0.762. The van der Waals surface area contributed by atoms with Crippen molar-refractivity contribution in [1.82, 2.24) is 4.90 Å². The van der Waals surface area contributed by atoms with Gasteiger partial charge in [0.05, 0.1) is 0 Å². The molecule has 0 aliphatic carbocycles. The Morgan fingerprint density at radius 1 is 1.42 bits per heavy atom. The molecule has 0 spiro atoms. The van der Waals surface area contributed by atoms with Gasteiger partial charge >= 0.3 is 0 Å². The van der Waals surface area contributed by atoms with Crippen LogP contribution in [0.25, 0.3) is 0 Å². The van der Waals surface area contributed by atoms with E-state index in [0.717, 1.165) is 24.6 Å². The van der Waals surface area contributed by atoms with Gasteiger partial charge in [0.2, 0.25) is 0 Å². The van der Waals surface area contributed by atoms with Crippen molar-refractivity contribution in [3.05, 3.63) is 0 Å². The van der Waals surface area contributed by atoms with Gasteiger partial charge in [-0.05, 0) is 32.9 Å². The van der Waals surface area contributed by atoms with Crippen LogP contribution in [0.15, 0.2) is 0 Å². The van der Waals surface area contributed by atoms with Crippen LogP contribution in [0, 0.1) is 0 Å². The molecule has 0 amide bonds. The van der Waals surface area contributed by atoms with Gasteiger partial charge in [-0.2, -0.15) is 0 Å². The van der Waals surface area contributed by atoms with Gasteiger partial charge in [0, 0.05) is 24.6 Å². The van der Waals surface area contributed by atoms with Crippen LogP contribution in [0.3, 0.4) is 0 Å². The fourth-order valence-corrected chi connectivity index (χ4v) is 1.87. The Labute approximate surface area is 83.4 Å². The van der Waals surface area contributed by atoms with E-state index in [4.69, 9.17) is 4.74 Å². The highest BCUT2D eigenvalue weighted by molar-refractivity contribution is 9.09. The van der Waals surface area contributed by atoms with Crippen LogP contribution in [-0.4, -0.2) is 43.1 Å². The molecule has 1 fully saturated rings. The molecule has 0 radical (unpaired) electrons. The van der Waals surface area contributed by atoms with E-state index in [1.165, 1.54) is 25.8 Å². The van der Waals surface area contributed by atoms with Gasteiger partial charge in [0.1, 0.15) is 0 Å². The zero-order chi connectivity index (χ0) is 8.81. The summed E-state index contributed by atoms with van der Waals surface area (Å²) in [5.41, 5.74) is 0. The zero-order valence-electron chi connectivity index (χ0n) is 7.76. The summed E-state index contributed by atoms with van der Waals surface area (Å²) in [7, 11) is 2.22. The first-order valence-corrected chi connectivity index (χ1v) is 5.80. The van der Waals surface area contributed by atoms with Crippen molar-refractivity contribution in [2.45, 2.75) is 25.3 Å². The summed E-state index contributed by atoms with van der Waals surface area (Å²) < 4.78 is 5.32. The summed E-state index contributed by atoms with van der Waals surface area (Å²) in [4.78, 5) is 2.46. The van der Waals surface area contributed by atoms with E-state index < -0.39 is 0 Å². The molecule has 12 heavy (non-hydrogen) atoms. The van der Waals surface area contributed by atoms with Crippen molar-refractivity contribution < 1.29 is 4.74 Å². The number of rotatable bonds is 4. The van der Waals surface area contributed by atoms with E-state index in [9.17, 15) is 0 Å². The molecule has 0 aromatic carbocycles. The second-order valence-corrected chi connectivity index (χ2v) is 4.16. The van der Waals surface area contributed by atoms with Gasteiger partial charge in [-0.15, -0.1) is 0 Å². The van der Waals surface area contributed by atoms with E-state index in [-0.39, 0.29) is 0 Å². The molecule has 2 nitrogen and oxygen atoms in total. The highest BCUT2D eigenvalue weighted by Crippen LogP contribution is 2.12. The Morgan fingerprint density at radius 2 is 2.08 bits per heavy atom. The number of alkyl halides is 1. The molecule has 1 rings (SSSR count).